The highest BCUT2D eigenvalue weighted by Gasteiger charge is 2.21. The molecule has 1 heterocycles. The van der Waals surface area contributed by atoms with E-state index < -0.39 is 0 Å². The van der Waals surface area contributed by atoms with Crippen LogP contribution in [0.3, 0.4) is 0 Å². The first-order chi connectivity index (χ1) is 9.24. The summed E-state index contributed by atoms with van der Waals surface area (Å²) in [6.45, 7) is 2.08. The molecule has 0 saturated carbocycles. The van der Waals surface area contributed by atoms with Crippen molar-refractivity contribution in [2.24, 2.45) is 5.73 Å². The summed E-state index contributed by atoms with van der Waals surface area (Å²) in [5.74, 6) is 0.841. The summed E-state index contributed by atoms with van der Waals surface area (Å²) in [7, 11) is 1.66. The van der Waals surface area contributed by atoms with Gasteiger partial charge in [-0.2, -0.15) is 0 Å². The zero-order valence-corrected chi connectivity index (χ0v) is 11.9. The molecule has 2 aromatic rings. The highest BCUT2D eigenvalue weighted by atomic mass is 32.2. The molecule has 2 rings (SSSR count). The van der Waals surface area contributed by atoms with Crippen LogP contribution in [0.15, 0.2) is 46.4 Å². The van der Waals surface area contributed by atoms with Crippen LogP contribution in [0.2, 0.25) is 0 Å². The molecule has 0 aliphatic rings. The Bertz CT molecular complexity index is 485. The molecule has 0 bridgehead atoms. The second kappa shape index (κ2) is 6.63. The molecule has 2 unspecified atom stereocenters. The first-order valence-corrected chi connectivity index (χ1v) is 7.08. The predicted molar refractivity (Wildman–Crippen MR) is 76.4 cm³/mol. The summed E-state index contributed by atoms with van der Waals surface area (Å²) < 4.78 is 10.5. The summed E-state index contributed by atoms with van der Waals surface area (Å²) in [6, 6.07) is 8.01. The van der Waals surface area contributed by atoms with Crippen molar-refractivity contribution in [2.75, 3.05) is 7.11 Å². The molecule has 0 saturated heterocycles. The molecule has 1 aromatic heterocycles. The van der Waals surface area contributed by atoms with Crippen LogP contribution in [0.1, 0.15) is 24.2 Å². The second-order valence-corrected chi connectivity index (χ2v) is 5.27. The van der Waals surface area contributed by atoms with E-state index >= 15 is 0 Å². The number of rotatable bonds is 6. The first-order valence-electron chi connectivity index (χ1n) is 6.20. The van der Waals surface area contributed by atoms with Gasteiger partial charge in [0.15, 0.2) is 0 Å². The molecule has 0 radical (unpaired) electrons. The van der Waals surface area contributed by atoms with Crippen LogP contribution in [0.25, 0.3) is 0 Å². The molecule has 2 atom stereocenters. The van der Waals surface area contributed by atoms with Gasteiger partial charge in [0.05, 0.1) is 18.6 Å². The van der Waals surface area contributed by atoms with E-state index in [1.807, 2.05) is 24.3 Å². The Labute approximate surface area is 117 Å². The summed E-state index contributed by atoms with van der Waals surface area (Å²) in [6.07, 6.45) is 4.11. The van der Waals surface area contributed by atoms with E-state index in [0.29, 0.717) is 5.22 Å². The Morgan fingerprint density at radius 2 is 2.11 bits per heavy atom. The maximum absolute atomic E-state index is 6.21. The zero-order chi connectivity index (χ0) is 13.7. The normalized spacial score (nSPS) is 14.1. The average molecular weight is 278 g/mol. The number of nitrogens with two attached hydrogens (primary N) is 1. The molecule has 0 spiro atoms. The molecular weight excluding hydrogens is 260 g/mol. The monoisotopic (exact) mass is 278 g/mol. The number of hydrogen-bond donors (Lipinski definition) is 1. The lowest BCUT2D eigenvalue weighted by molar-refractivity contribution is 0.414. The fourth-order valence-corrected chi connectivity index (χ4v) is 2.90. The van der Waals surface area contributed by atoms with E-state index in [-0.39, 0.29) is 11.3 Å². The van der Waals surface area contributed by atoms with Crippen LogP contribution in [-0.4, -0.2) is 18.1 Å². The van der Waals surface area contributed by atoms with E-state index in [1.54, 1.807) is 31.3 Å². The topological polar surface area (TPSA) is 61.3 Å². The number of benzene rings is 1. The third-order valence-electron chi connectivity index (χ3n) is 2.94. The van der Waals surface area contributed by atoms with Gasteiger partial charge >= 0.3 is 0 Å². The molecule has 0 amide bonds. The maximum Gasteiger partial charge on any atom is 0.256 e. The predicted octanol–water partition coefficient (Wildman–Crippen LogP) is 3.25. The SMILES string of the molecule is CCC(N)C(Sc1ncco1)c1ccc(OC)cc1. The van der Waals surface area contributed by atoms with Crippen molar-refractivity contribution in [3.05, 3.63) is 42.3 Å². The Morgan fingerprint density at radius 3 is 2.63 bits per heavy atom. The first kappa shape index (κ1) is 14.0. The molecule has 2 N–H and O–H groups in total. The van der Waals surface area contributed by atoms with Crippen molar-refractivity contribution in [2.45, 2.75) is 29.9 Å². The van der Waals surface area contributed by atoms with Gasteiger partial charge < -0.3 is 14.9 Å². The summed E-state index contributed by atoms with van der Waals surface area (Å²) in [5.41, 5.74) is 7.37. The Balaban J connectivity index is 2.20. The standard InChI is InChI=1S/C14H18N2O2S/c1-3-12(15)13(19-14-16-8-9-18-14)10-4-6-11(17-2)7-5-10/h4-9,12-13H,3,15H2,1-2H3. The molecule has 0 fully saturated rings. The van der Waals surface area contributed by atoms with Crippen LogP contribution < -0.4 is 10.5 Å². The number of thioether (sulfide) groups is 1. The highest BCUT2D eigenvalue weighted by molar-refractivity contribution is 7.99. The van der Waals surface area contributed by atoms with Crippen LogP contribution >= 0.6 is 11.8 Å². The molecule has 0 aliphatic heterocycles. The van der Waals surface area contributed by atoms with Crippen molar-refractivity contribution >= 4 is 11.8 Å². The summed E-state index contributed by atoms with van der Waals surface area (Å²) in [4.78, 5) is 4.15. The van der Waals surface area contributed by atoms with Gasteiger partial charge in [-0.3, -0.25) is 0 Å². The number of aromatic nitrogens is 1. The van der Waals surface area contributed by atoms with Crippen LogP contribution in [0.4, 0.5) is 0 Å². The minimum Gasteiger partial charge on any atom is -0.497 e. The number of nitrogens with zero attached hydrogens (tertiary/aromatic N) is 1. The van der Waals surface area contributed by atoms with Crippen molar-refractivity contribution in [3.63, 3.8) is 0 Å². The van der Waals surface area contributed by atoms with E-state index in [9.17, 15) is 0 Å². The molecule has 5 heteroatoms. The van der Waals surface area contributed by atoms with Gasteiger partial charge in [0.1, 0.15) is 12.0 Å². The van der Waals surface area contributed by atoms with Crippen molar-refractivity contribution in [1.29, 1.82) is 0 Å². The highest BCUT2D eigenvalue weighted by Crippen LogP contribution is 2.37. The fourth-order valence-electron chi connectivity index (χ4n) is 1.79. The maximum atomic E-state index is 6.21. The lowest BCUT2D eigenvalue weighted by Crippen LogP contribution is -2.25. The lowest BCUT2D eigenvalue weighted by Gasteiger charge is -2.21. The average Bonchev–Trinajstić information content (AvgIpc) is 2.97. The van der Waals surface area contributed by atoms with Crippen molar-refractivity contribution < 1.29 is 9.15 Å². The van der Waals surface area contributed by atoms with E-state index in [1.165, 1.54) is 0 Å². The van der Waals surface area contributed by atoms with Crippen LogP contribution in [-0.2, 0) is 0 Å². The van der Waals surface area contributed by atoms with Crippen molar-refractivity contribution in [3.8, 4) is 5.75 Å². The van der Waals surface area contributed by atoms with Gasteiger partial charge in [-0.15, -0.1) is 0 Å². The van der Waals surface area contributed by atoms with Gasteiger partial charge in [0.25, 0.3) is 5.22 Å². The number of hydrogen-bond acceptors (Lipinski definition) is 5. The minimum atomic E-state index is 0.0466. The zero-order valence-electron chi connectivity index (χ0n) is 11.1. The third-order valence-corrected chi connectivity index (χ3v) is 4.22. The van der Waals surface area contributed by atoms with Gasteiger partial charge in [-0.25, -0.2) is 4.98 Å². The van der Waals surface area contributed by atoms with Gasteiger partial charge in [-0.05, 0) is 24.1 Å². The summed E-state index contributed by atoms with van der Waals surface area (Å²) >= 11 is 1.55. The largest absolute Gasteiger partial charge is 0.497 e. The molecule has 19 heavy (non-hydrogen) atoms. The molecule has 4 nitrogen and oxygen atoms in total. The molecule has 1 aromatic carbocycles. The van der Waals surface area contributed by atoms with Crippen LogP contribution in [0, 0.1) is 0 Å². The third kappa shape index (κ3) is 3.52. The van der Waals surface area contributed by atoms with Gasteiger partial charge in [-0.1, -0.05) is 30.8 Å². The number of methoxy groups -OCH3 is 1. The molecular formula is C14H18N2O2S. The van der Waals surface area contributed by atoms with Crippen molar-refractivity contribution in [1.82, 2.24) is 4.98 Å². The van der Waals surface area contributed by atoms with E-state index in [2.05, 4.69) is 11.9 Å². The van der Waals surface area contributed by atoms with E-state index in [4.69, 9.17) is 14.9 Å². The molecule has 102 valence electrons. The molecule has 0 aliphatic carbocycles. The second-order valence-electron chi connectivity index (χ2n) is 4.18. The number of oxazole rings is 1. The Morgan fingerprint density at radius 1 is 1.37 bits per heavy atom. The minimum absolute atomic E-state index is 0.0466. The smallest absolute Gasteiger partial charge is 0.256 e. The Hall–Kier alpha value is -1.46. The number of ether oxygens (including phenoxy) is 1. The summed E-state index contributed by atoms with van der Waals surface area (Å²) in [5, 5.41) is 0.763. The van der Waals surface area contributed by atoms with E-state index in [0.717, 1.165) is 17.7 Å². The Kier molecular flexibility index (Phi) is 4.87. The van der Waals surface area contributed by atoms with Crippen LogP contribution in [0.5, 0.6) is 5.75 Å². The lowest BCUT2D eigenvalue weighted by atomic mass is 10.0. The fraction of sp³-hybridized carbons (Fsp3) is 0.357. The van der Waals surface area contributed by atoms with Gasteiger partial charge in [0.2, 0.25) is 0 Å². The quantitative estimate of drug-likeness (QED) is 0.822. The van der Waals surface area contributed by atoms with Gasteiger partial charge in [0, 0.05) is 6.04 Å².